The van der Waals surface area contributed by atoms with E-state index in [1.165, 1.54) is 7.11 Å². The smallest absolute Gasteiger partial charge is 0.307 e. The third kappa shape index (κ3) is 6.57. The molecule has 1 aromatic heterocycles. The summed E-state index contributed by atoms with van der Waals surface area (Å²) in [5, 5.41) is 12.9. The highest BCUT2D eigenvalue weighted by atomic mass is 35.5. The molecule has 4 aromatic rings. The van der Waals surface area contributed by atoms with Gasteiger partial charge in [0.2, 0.25) is 5.82 Å². The number of carboxylic acids is 1. The number of carbonyl (C=O) groups is 2. The number of rotatable bonds is 9. The molecule has 10 nitrogen and oxygen atoms in total. The lowest BCUT2D eigenvalue weighted by atomic mass is 9.93. The minimum atomic E-state index is -0.832. The van der Waals surface area contributed by atoms with Gasteiger partial charge in [-0.05, 0) is 74.2 Å². The summed E-state index contributed by atoms with van der Waals surface area (Å²) in [5.41, 5.74) is 7.55. The molecule has 1 amide bonds. The van der Waals surface area contributed by atoms with Gasteiger partial charge in [0, 0.05) is 56.5 Å². The zero-order valence-electron chi connectivity index (χ0n) is 29.0. The first-order chi connectivity index (χ1) is 24.4. The maximum Gasteiger partial charge on any atom is 0.307 e. The van der Waals surface area contributed by atoms with Gasteiger partial charge in [-0.15, -0.1) is 0 Å². The monoisotopic (exact) mass is 735 g/mol. The number of imidazole rings is 1. The summed E-state index contributed by atoms with van der Waals surface area (Å²) in [6.45, 7) is 4.87. The molecule has 13 heteroatoms. The van der Waals surface area contributed by atoms with Gasteiger partial charge in [0.05, 0.1) is 34.5 Å². The standard InChI is InChI=1S/C38H40Cl2FN5O5/c1-20-24(25-6-5-7-27(32(25)40)43-37(47)36-42-28-19-44(2)14-13-29(28)45(36)3)10-8-21-9-11-30(31(20)21)51-35-26(39)16-23(34(50-4)33(35)41)18-46-15-12-22(17-46)38(48)49/h5-8,10,16,22,30H,9,11-15,17-19H2,1-4H3,(H,43,47)(H,48,49). The molecule has 1 aliphatic carbocycles. The number of aromatic nitrogens is 2. The molecule has 1 fully saturated rings. The topological polar surface area (TPSA) is 109 Å². The predicted octanol–water partition coefficient (Wildman–Crippen LogP) is 7.06. The Bertz CT molecular complexity index is 2050. The maximum atomic E-state index is 16.1. The number of aliphatic carboxylic acids is 1. The molecular weight excluding hydrogens is 696 g/mol. The van der Waals surface area contributed by atoms with Gasteiger partial charge in [0.1, 0.15) is 6.10 Å². The number of ether oxygens (including phenoxy) is 2. The highest BCUT2D eigenvalue weighted by molar-refractivity contribution is 6.36. The van der Waals surface area contributed by atoms with Crippen molar-refractivity contribution in [3.8, 4) is 22.6 Å². The Morgan fingerprint density at radius 3 is 2.63 bits per heavy atom. The average Bonchev–Trinajstić information content (AvgIpc) is 3.82. The normalized spacial score (nSPS) is 18.8. The summed E-state index contributed by atoms with van der Waals surface area (Å²) in [4.78, 5) is 33.7. The Balaban J connectivity index is 1.14. The Labute approximate surface area is 306 Å². The number of likely N-dealkylation sites (tertiary alicyclic amines) is 1. The van der Waals surface area contributed by atoms with Crippen LogP contribution in [-0.4, -0.2) is 70.1 Å². The van der Waals surface area contributed by atoms with Crippen molar-refractivity contribution in [3.63, 3.8) is 0 Å². The van der Waals surface area contributed by atoms with Gasteiger partial charge < -0.3 is 29.4 Å². The first-order valence-corrected chi connectivity index (χ1v) is 17.8. The van der Waals surface area contributed by atoms with E-state index in [0.717, 1.165) is 58.6 Å². The van der Waals surface area contributed by atoms with Crippen LogP contribution in [-0.2, 0) is 37.8 Å². The second-order valence-corrected chi connectivity index (χ2v) is 14.5. The molecular formula is C38H40Cl2FN5O5. The number of carbonyl (C=O) groups excluding carboxylic acids is 1. The minimum absolute atomic E-state index is 0.0283. The van der Waals surface area contributed by atoms with Crippen LogP contribution in [0, 0.1) is 18.7 Å². The van der Waals surface area contributed by atoms with E-state index in [2.05, 4.69) is 15.2 Å². The molecule has 3 aliphatic rings. The third-order valence-electron chi connectivity index (χ3n) is 10.5. The summed E-state index contributed by atoms with van der Waals surface area (Å²) in [5.74, 6) is -2.04. The summed E-state index contributed by atoms with van der Waals surface area (Å²) in [6.07, 6.45) is 2.24. The highest BCUT2D eigenvalue weighted by Crippen LogP contribution is 2.46. The van der Waals surface area contributed by atoms with Gasteiger partial charge in [-0.2, -0.15) is 4.39 Å². The number of methoxy groups -OCH3 is 1. The molecule has 2 aliphatic heterocycles. The molecule has 2 N–H and O–H groups in total. The fourth-order valence-corrected chi connectivity index (χ4v) is 8.34. The fraction of sp³-hybridized carbons (Fsp3) is 0.395. The summed E-state index contributed by atoms with van der Waals surface area (Å²) >= 11 is 13.7. The number of nitrogens with one attached hydrogen (secondary N) is 1. The van der Waals surface area contributed by atoms with Crippen LogP contribution in [0.4, 0.5) is 10.1 Å². The molecule has 1 saturated heterocycles. The first kappa shape index (κ1) is 35.3. The SMILES string of the molecule is COc1c(CN2CCC(C(=O)O)C2)cc(Cl)c(OC2CCc3ccc(-c4cccc(NC(=O)c5nc6c(n5C)CCN(C)C6)c4Cl)c(C)c32)c1F. The maximum absolute atomic E-state index is 16.1. The second-order valence-electron chi connectivity index (χ2n) is 13.7. The molecule has 3 aromatic carbocycles. The highest BCUT2D eigenvalue weighted by Gasteiger charge is 2.33. The van der Waals surface area contributed by atoms with E-state index in [4.69, 9.17) is 32.7 Å². The molecule has 2 unspecified atom stereocenters. The number of fused-ring (bicyclic) bond motifs is 2. The van der Waals surface area contributed by atoms with Crippen LogP contribution in [0.2, 0.25) is 10.0 Å². The van der Waals surface area contributed by atoms with Crippen LogP contribution in [0.5, 0.6) is 11.5 Å². The van der Waals surface area contributed by atoms with E-state index in [1.54, 1.807) is 12.1 Å². The quantitative estimate of drug-likeness (QED) is 0.188. The lowest BCUT2D eigenvalue weighted by Crippen LogP contribution is -2.27. The molecule has 0 radical (unpaired) electrons. The second kappa shape index (κ2) is 14.1. The average molecular weight is 737 g/mol. The zero-order valence-corrected chi connectivity index (χ0v) is 30.5. The number of carboxylic acid groups (broad SMARTS) is 1. The largest absolute Gasteiger partial charge is 0.493 e. The van der Waals surface area contributed by atoms with E-state index in [-0.39, 0.29) is 22.4 Å². The van der Waals surface area contributed by atoms with Crippen molar-refractivity contribution in [3.05, 3.63) is 91.7 Å². The van der Waals surface area contributed by atoms with Gasteiger partial charge >= 0.3 is 5.97 Å². The Morgan fingerprint density at radius 2 is 1.88 bits per heavy atom. The van der Waals surface area contributed by atoms with Gasteiger partial charge in [-0.1, -0.05) is 47.5 Å². The van der Waals surface area contributed by atoms with Crippen molar-refractivity contribution >= 4 is 40.8 Å². The number of hydrogen-bond donors (Lipinski definition) is 2. The van der Waals surface area contributed by atoms with Crippen molar-refractivity contribution in [1.82, 2.24) is 19.4 Å². The van der Waals surface area contributed by atoms with Crippen LogP contribution in [0.25, 0.3) is 11.1 Å². The number of hydrogen-bond acceptors (Lipinski definition) is 7. The number of likely N-dealkylation sites (N-methyl/N-ethyl adjacent to an activating group) is 1. The minimum Gasteiger partial charge on any atom is -0.493 e. The number of benzene rings is 3. The van der Waals surface area contributed by atoms with Gasteiger partial charge in [0.25, 0.3) is 5.91 Å². The molecule has 0 spiro atoms. The molecule has 51 heavy (non-hydrogen) atoms. The van der Waals surface area contributed by atoms with Crippen molar-refractivity contribution in [1.29, 1.82) is 0 Å². The summed E-state index contributed by atoms with van der Waals surface area (Å²) < 4.78 is 29.8. The van der Waals surface area contributed by atoms with Crippen LogP contribution in [0.3, 0.4) is 0 Å². The fourth-order valence-electron chi connectivity index (χ4n) is 7.81. The van der Waals surface area contributed by atoms with Crippen molar-refractivity contribution in [2.75, 3.05) is 39.1 Å². The lowest BCUT2D eigenvalue weighted by Gasteiger charge is -2.23. The van der Waals surface area contributed by atoms with E-state index < -0.39 is 23.8 Å². The van der Waals surface area contributed by atoms with Crippen molar-refractivity contribution < 1.29 is 28.6 Å². The first-order valence-electron chi connectivity index (χ1n) is 17.1. The Morgan fingerprint density at radius 1 is 1.08 bits per heavy atom. The number of anilines is 1. The van der Waals surface area contributed by atoms with Gasteiger partial charge in [-0.25, -0.2) is 4.98 Å². The molecule has 2 atom stereocenters. The Hall–Kier alpha value is -4.16. The molecule has 0 bridgehead atoms. The van der Waals surface area contributed by atoms with Crippen LogP contribution in [0.1, 0.15) is 63.2 Å². The molecule has 268 valence electrons. The zero-order chi connectivity index (χ0) is 36.1. The van der Waals surface area contributed by atoms with E-state index in [9.17, 15) is 14.7 Å². The number of amides is 1. The number of aryl methyl sites for hydroxylation is 1. The lowest BCUT2D eigenvalue weighted by molar-refractivity contribution is -0.141. The number of halogens is 3. The Kier molecular flexibility index (Phi) is 9.75. The summed E-state index contributed by atoms with van der Waals surface area (Å²) in [6, 6.07) is 11.2. The predicted molar refractivity (Wildman–Crippen MR) is 193 cm³/mol. The van der Waals surface area contributed by atoms with Crippen molar-refractivity contribution in [2.45, 2.75) is 51.8 Å². The van der Waals surface area contributed by atoms with E-state index >= 15 is 4.39 Å². The van der Waals surface area contributed by atoms with Crippen molar-refractivity contribution in [2.24, 2.45) is 13.0 Å². The van der Waals surface area contributed by atoms with E-state index in [0.29, 0.717) is 61.1 Å². The summed E-state index contributed by atoms with van der Waals surface area (Å²) in [7, 11) is 5.30. The third-order valence-corrected chi connectivity index (χ3v) is 11.2. The van der Waals surface area contributed by atoms with Crippen LogP contribution in [0.15, 0.2) is 36.4 Å². The van der Waals surface area contributed by atoms with E-state index in [1.807, 2.05) is 54.8 Å². The number of nitrogens with zero attached hydrogens (tertiary/aromatic N) is 4. The molecule has 0 saturated carbocycles. The van der Waals surface area contributed by atoms with Gasteiger partial charge in [-0.3, -0.25) is 14.5 Å². The molecule has 7 rings (SSSR count). The molecule has 3 heterocycles. The van der Waals surface area contributed by atoms with Gasteiger partial charge in [0.15, 0.2) is 17.3 Å². The van der Waals surface area contributed by atoms with Crippen LogP contribution < -0.4 is 14.8 Å². The van der Waals surface area contributed by atoms with Crippen LogP contribution >= 0.6 is 23.2 Å².